The molecule has 1 aliphatic rings. The Morgan fingerprint density at radius 1 is 1.04 bits per heavy atom. The maximum atomic E-state index is 13.0. The number of ether oxygens (including phenoxy) is 2. The third-order valence-corrected chi connectivity index (χ3v) is 14.5. The van der Waals surface area contributed by atoms with E-state index in [1.807, 2.05) is 18.2 Å². The van der Waals surface area contributed by atoms with E-state index < -0.39 is 31.3 Å². The molecule has 0 bridgehead atoms. The molecular weight excluding hydrogens is 439 g/mol. The van der Waals surface area contributed by atoms with Crippen LogP contribution in [-0.4, -0.2) is 54.0 Å². The van der Waals surface area contributed by atoms with Crippen LogP contribution < -0.4 is 4.46 Å². The Hall–Kier alpha value is -1.43. The molecule has 0 unspecified atom stereocenters. The van der Waals surface area contributed by atoms with E-state index in [9.17, 15) is 14.4 Å². The van der Waals surface area contributed by atoms with Crippen molar-refractivity contribution in [2.24, 2.45) is 17.3 Å². The van der Waals surface area contributed by atoms with Crippen molar-refractivity contribution in [3.63, 3.8) is 0 Å². The van der Waals surface area contributed by atoms with E-state index in [1.165, 1.54) is 11.4 Å². The molecule has 7 heteroatoms. The molecule has 0 heterocycles. The molecule has 1 aromatic carbocycles. The number of esters is 2. The zero-order chi connectivity index (χ0) is 21.1. The van der Waals surface area contributed by atoms with E-state index in [1.54, 1.807) is 13.8 Å². The van der Waals surface area contributed by atoms with Crippen molar-refractivity contribution in [3.8, 4) is 0 Å². The van der Waals surface area contributed by atoms with Gasteiger partial charge in [-0.1, -0.05) is 0 Å². The molecule has 0 radical (unpaired) electrons. The van der Waals surface area contributed by atoms with Crippen molar-refractivity contribution >= 4 is 45.2 Å². The summed E-state index contributed by atoms with van der Waals surface area (Å²) in [4.78, 5) is 38.5. The minimum absolute atomic E-state index is 0.0326. The predicted molar refractivity (Wildman–Crippen MR) is 112 cm³/mol. The van der Waals surface area contributed by atoms with Crippen LogP contribution in [0.15, 0.2) is 30.3 Å². The van der Waals surface area contributed by atoms with Crippen LogP contribution in [0.2, 0.25) is 24.1 Å². The second kappa shape index (κ2) is 8.93. The molecule has 2 rings (SSSR count). The molecule has 0 spiro atoms. The van der Waals surface area contributed by atoms with Crippen LogP contribution >= 0.6 is 0 Å². The van der Waals surface area contributed by atoms with Crippen molar-refractivity contribution < 1.29 is 23.9 Å². The van der Waals surface area contributed by atoms with Crippen LogP contribution in [-0.2, 0) is 23.9 Å². The van der Waals surface area contributed by atoms with Gasteiger partial charge in [-0.05, 0) is 0 Å². The van der Waals surface area contributed by atoms with Gasteiger partial charge in [0.25, 0.3) is 0 Å². The molecule has 0 saturated heterocycles. The molecule has 1 saturated carbocycles. The van der Waals surface area contributed by atoms with Crippen LogP contribution in [0.1, 0.15) is 20.8 Å². The Labute approximate surface area is 174 Å². The summed E-state index contributed by atoms with van der Waals surface area (Å²) in [5.41, 5.74) is -1.49. The monoisotopic (exact) mass is 470 g/mol. The van der Waals surface area contributed by atoms with Crippen molar-refractivity contribution in [2.75, 3.05) is 13.2 Å². The third kappa shape index (κ3) is 4.26. The number of hydrogen-bond donors (Lipinski definition) is 0. The first kappa shape index (κ1) is 22.9. The standard InChI is InChI=1S/C21H30O5SeSi/c1-7-25-19(23)21(20(24)26-8-2)16(14(3)22)17(21)18(28(4,5)6)27-15-12-10-9-11-13-15/h9-13,16-18H,7-8H2,1-6H3/t16-,17-,18+/m1/s1. The van der Waals surface area contributed by atoms with E-state index in [-0.39, 0.29) is 44.3 Å². The number of carbonyl (C=O) groups excluding carboxylic acids is 3. The molecule has 0 aliphatic heterocycles. The van der Waals surface area contributed by atoms with Crippen LogP contribution in [0, 0.1) is 17.3 Å². The van der Waals surface area contributed by atoms with Gasteiger partial charge >= 0.3 is 175 Å². The van der Waals surface area contributed by atoms with Gasteiger partial charge in [0, 0.05) is 0 Å². The number of rotatable bonds is 9. The number of carbonyl (C=O) groups is 3. The molecule has 1 aromatic rings. The molecular formula is C21H30O5SeSi. The Bertz CT molecular complexity index is 710. The molecule has 0 aromatic heterocycles. The van der Waals surface area contributed by atoms with Crippen LogP contribution in [0.3, 0.4) is 0 Å². The zero-order valence-corrected chi connectivity index (χ0v) is 20.2. The molecule has 1 aliphatic carbocycles. The fraction of sp³-hybridized carbons (Fsp3) is 0.571. The molecule has 3 atom stereocenters. The summed E-state index contributed by atoms with van der Waals surface area (Å²) in [5, 5.41) is 0. The third-order valence-electron chi connectivity index (χ3n) is 5.12. The van der Waals surface area contributed by atoms with Gasteiger partial charge in [0.1, 0.15) is 0 Å². The number of ketones is 1. The first-order valence-corrected chi connectivity index (χ1v) is 15.1. The summed E-state index contributed by atoms with van der Waals surface area (Å²) in [5.74, 6) is -2.36. The Balaban J connectivity index is 2.53. The molecule has 154 valence electrons. The van der Waals surface area contributed by atoms with Crippen LogP contribution in [0.5, 0.6) is 0 Å². The topological polar surface area (TPSA) is 69.7 Å². The summed E-state index contributed by atoms with van der Waals surface area (Å²) >= 11 is 0.0326. The number of benzene rings is 1. The quantitative estimate of drug-likeness (QED) is 0.316. The van der Waals surface area contributed by atoms with Crippen molar-refractivity contribution in [1.82, 2.24) is 0 Å². The number of hydrogen-bond acceptors (Lipinski definition) is 5. The van der Waals surface area contributed by atoms with E-state index in [4.69, 9.17) is 9.47 Å². The summed E-state index contributed by atoms with van der Waals surface area (Å²) < 4.78 is 11.9. The van der Waals surface area contributed by atoms with E-state index in [2.05, 4.69) is 31.8 Å². The average molecular weight is 470 g/mol. The molecule has 0 N–H and O–H groups in total. The molecule has 0 amide bonds. The van der Waals surface area contributed by atoms with Gasteiger partial charge in [-0.15, -0.1) is 0 Å². The minimum atomic E-state index is -1.82. The summed E-state index contributed by atoms with van der Waals surface area (Å²) in [6, 6.07) is 10.1. The summed E-state index contributed by atoms with van der Waals surface area (Å²) in [6.07, 6.45) is 0. The Morgan fingerprint density at radius 3 is 1.93 bits per heavy atom. The molecule has 28 heavy (non-hydrogen) atoms. The van der Waals surface area contributed by atoms with Gasteiger partial charge < -0.3 is 0 Å². The van der Waals surface area contributed by atoms with Gasteiger partial charge in [0.15, 0.2) is 0 Å². The van der Waals surface area contributed by atoms with Crippen molar-refractivity contribution in [1.29, 1.82) is 0 Å². The van der Waals surface area contributed by atoms with Gasteiger partial charge in [0.05, 0.1) is 0 Å². The SMILES string of the molecule is CCOC(=O)C1(C(=O)OCC)[C@@H]([C@@H]([Se]c2ccccc2)[Si](C)(C)C)[C@H]1C(C)=O. The van der Waals surface area contributed by atoms with E-state index in [0.717, 1.165) is 0 Å². The second-order valence-electron chi connectivity index (χ2n) is 8.14. The molecule has 1 fully saturated rings. The predicted octanol–water partition coefficient (Wildman–Crippen LogP) is 2.63. The average Bonchev–Trinajstić information content (AvgIpc) is 3.31. The summed E-state index contributed by atoms with van der Waals surface area (Å²) in [7, 11) is -1.82. The summed E-state index contributed by atoms with van der Waals surface area (Å²) in [6.45, 7) is 11.9. The van der Waals surface area contributed by atoms with E-state index in [0.29, 0.717) is 0 Å². The van der Waals surface area contributed by atoms with Crippen LogP contribution in [0.4, 0.5) is 0 Å². The Morgan fingerprint density at radius 2 is 1.54 bits per heavy atom. The zero-order valence-electron chi connectivity index (χ0n) is 17.5. The fourth-order valence-corrected chi connectivity index (χ4v) is 11.1. The normalized spacial score (nSPS) is 21.5. The van der Waals surface area contributed by atoms with Crippen molar-refractivity contribution in [3.05, 3.63) is 30.3 Å². The maximum absolute atomic E-state index is 13.0. The number of Topliss-reactive ketones (excluding diaryl/α,β-unsaturated/α-hetero) is 1. The van der Waals surface area contributed by atoms with Gasteiger partial charge in [0.2, 0.25) is 0 Å². The van der Waals surface area contributed by atoms with Gasteiger partial charge in [-0.25, -0.2) is 0 Å². The second-order valence-corrected chi connectivity index (χ2v) is 17.0. The van der Waals surface area contributed by atoms with Crippen LogP contribution in [0.25, 0.3) is 0 Å². The van der Waals surface area contributed by atoms with Gasteiger partial charge in [-0.2, -0.15) is 0 Å². The Kier molecular flexibility index (Phi) is 7.29. The fourth-order valence-electron chi connectivity index (χ4n) is 3.95. The van der Waals surface area contributed by atoms with E-state index >= 15 is 0 Å². The molecule has 5 nitrogen and oxygen atoms in total. The first-order chi connectivity index (χ1) is 13.1. The first-order valence-electron chi connectivity index (χ1n) is 9.68. The van der Waals surface area contributed by atoms with Gasteiger partial charge in [-0.3, -0.25) is 0 Å². The van der Waals surface area contributed by atoms with Crippen molar-refractivity contribution in [2.45, 2.75) is 44.9 Å².